The van der Waals surface area contributed by atoms with Gasteiger partial charge in [0.2, 0.25) is 0 Å². The molecule has 0 aliphatic rings. The van der Waals surface area contributed by atoms with Crippen LogP contribution >= 0.6 is 0 Å². The van der Waals surface area contributed by atoms with Crippen molar-refractivity contribution in [1.29, 1.82) is 0 Å². The molecule has 18 heavy (non-hydrogen) atoms. The average Bonchev–Trinajstić information content (AvgIpc) is 2.36. The number of benzene rings is 1. The number of hydrogen-bond acceptors (Lipinski definition) is 2. The first-order valence-corrected chi connectivity index (χ1v) is 5.81. The smallest absolute Gasteiger partial charge is 0.328 e. The number of carboxylic acid groups (broad SMARTS) is 1. The van der Waals surface area contributed by atoms with Gasteiger partial charge in [-0.25, -0.2) is 4.79 Å². The highest BCUT2D eigenvalue weighted by molar-refractivity contribution is 5.94. The molecule has 96 valence electrons. The van der Waals surface area contributed by atoms with E-state index in [1.807, 2.05) is 6.92 Å². The maximum Gasteiger partial charge on any atom is 0.328 e. The maximum atomic E-state index is 11.9. The Hall–Kier alpha value is -2.10. The molecule has 1 amide bonds. The lowest BCUT2D eigenvalue weighted by Gasteiger charge is -2.15. The molecule has 0 atom stereocenters. The van der Waals surface area contributed by atoms with E-state index in [9.17, 15) is 9.59 Å². The van der Waals surface area contributed by atoms with E-state index in [0.717, 1.165) is 24.6 Å². The molecule has 0 heterocycles. The highest BCUT2D eigenvalue weighted by Crippen LogP contribution is 2.08. The Labute approximate surface area is 107 Å². The molecular formula is C14H17NO3. The van der Waals surface area contributed by atoms with Crippen LogP contribution < -0.4 is 0 Å². The lowest BCUT2D eigenvalue weighted by atomic mass is 10.1. The second-order valence-electron chi connectivity index (χ2n) is 4.02. The highest BCUT2D eigenvalue weighted by atomic mass is 16.4. The monoisotopic (exact) mass is 247 g/mol. The Morgan fingerprint density at radius 1 is 1.28 bits per heavy atom. The van der Waals surface area contributed by atoms with Gasteiger partial charge in [0.25, 0.3) is 5.91 Å². The minimum atomic E-state index is -0.988. The fourth-order valence-corrected chi connectivity index (χ4v) is 1.56. The molecule has 1 aromatic carbocycles. The van der Waals surface area contributed by atoms with Crippen molar-refractivity contribution in [3.8, 4) is 0 Å². The summed E-state index contributed by atoms with van der Waals surface area (Å²) in [4.78, 5) is 24.0. The molecule has 0 saturated carbocycles. The molecule has 0 aliphatic heterocycles. The van der Waals surface area contributed by atoms with E-state index >= 15 is 0 Å². The van der Waals surface area contributed by atoms with Gasteiger partial charge in [-0.15, -0.1) is 0 Å². The zero-order valence-corrected chi connectivity index (χ0v) is 10.6. The molecule has 0 spiro atoms. The van der Waals surface area contributed by atoms with E-state index in [1.54, 1.807) is 36.2 Å². The van der Waals surface area contributed by atoms with Crippen LogP contribution in [0.4, 0.5) is 0 Å². The quantitative estimate of drug-likeness (QED) is 0.812. The van der Waals surface area contributed by atoms with Crippen molar-refractivity contribution >= 4 is 18.0 Å². The number of amides is 1. The summed E-state index contributed by atoms with van der Waals surface area (Å²) in [6, 6.07) is 6.87. The first-order valence-electron chi connectivity index (χ1n) is 5.81. The molecule has 1 rings (SSSR count). The van der Waals surface area contributed by atoms with Crippen LogP contribution in [0.15, 0.2) is 30.3 Å². The minimum Gasteiger partial charge on any atom is -0.478 e. The van der Waals surface area contributed by atoms with Crippen molar-refractivity contribution in [3.63, 3.8) is 0 Å². The normalized spacial score (nSPS) is 10.6. The van der Waals surface area contributed by atoms with Gasteiger partial charge in [-0.2, -0.15) is 0 Å². The fourth-order valence-electron chi connectivity index (χ4n) is 1.56. The van der Waals surface area contributed by atoms with Crippen molar-refractivity contribution in [2.24, 2.45) is 0 Å². The molecule has 0 fully saturated rings. The summed E-state index contributed by atoms with van der Waals surface area (Å²) in [7, 11) is 1.77. The van der Waals surface area contributed by atoms with Crippen LogP contribution in [0.5, 0.6) is 0 Å². The van der Waals surface area contributed by atoms with Crippen molar-refractivity contribution < 1.29 is 14.7 Å². The summed E-state index contributed by atoms with van der Waals surface area (Å²) in [5, 5.41) is 8.50. The lowest BCUT2D eigenvalue weighted by molar-refractivity contribution is -0.131. The van der Waals surface area contributed by atoms with Crippen molar-refractivity contribution in [2.75, 3.05) is 13.6 Å². The standard InChI is InChI=1S/C14H17NO3/c1-3-10-15(2)14(18)12-7-4-11(5-8-12)6-9-13(16)17/h4-9H,3,10H2,1-2H3,(H,16,17). The average molecular weight is 247 g/mol. The number of aliphatic carboxylic acids is 1. The van der Waals surface area contributed by atoms with E-state index in [1.165, 1.54) is 6.08 Å². The number of carbonyl (C=O) groups is 2. The molecule has 4 heteroatoms. The predicted molar refractivity (Wildman–Crippen MR) is 70.4 cm³/mol. The van der Waals surface area contributed by atoms with Crippen LogP contribution in [-0.4, -0.2) is 35.5 Å². The van der Waals surface area contributed by atoms with Gasteiger partial charge in [-0.05, 0) is 30.2 Å². The Kier molecular flexibility index (Phi) is 5.11. The topological polar surface area (TPSA) is 57.6 Å². The van der Waals surface area contributed by atoms with Crippen LogP contribution in [-0.2, 0) is 4.79 Å². The highest BCUT2D eigenvalue weighted by Gasteiger charge is 2.09. The Balaban J connectivity index is 2.76. The van der Waals surface area contributed by atoms with E-state index in [0.29, 0.717) is 5.56 Å². The number of hydrogen-bond donors (Lipinski definition) is 1. The largest absolute Gasteiger partial charge is 0.478 e. The molecule has 1 aromatic rings. The summed E-state index contributed by atoms with van der Waals surface area (Å²) in [6.45, 7) is 2.74. The van der Waals surface area contributed by atoms with Gasteiger partial charge < -0.3 is 10.0 Å². The minimum absolute atomic E-state index is 0.0226. The molecule has 0 aromatic heterocycles. The Morgan fingerprint density at radius 2 is 1.89 bits per heavy atom. The third kappa shape index (κ3) is 4.05. The van der Waals surface area contributed by atoms with Crippen molar-refractivity contribution in [1.82, 2.24) is 4.90 Å². The number of nitrogens with zero attached hydrogens (tertiary/aromatic N) is 1. The third-order valence-electron chi connectivity index (χ3n) is 2.48. The van der Waals surface area contributed by atoms with E-state index < -0.39 is 5.97 Å². The van der Waals surface area contributed by atoms with Gasteiger partial charge in [-0.3, -0.25) is 4.79 Å². The Morgan fingerprint density at radius 3 is 2.39 bits per heavy atom. The van der Waals surface area contributed by atoms with E-state index in [4.69, 9.17) is 5.11 Å². The van der Waals surface area contributed by atoms with Gasteiger partial charge in [0.1, 0.15) is 0 Å². The van der Waals surface area contributed by atoms with Gasteiger partial charge in [-0.1, -0.05) is 19.1 Å². The van der Waals surface area contributed by atoms with E-state index in [-0.39, 0.29) is 5.91 Å². The number of carboxylic acids is 1. The van der Waals surface area contributed by atoms with Gasteiger partial charge >= 0.3 is 5.97 Å². The van der Waals surface area contributed by atoms with Crippen molar-refractivity contribution in [2.45, 2.75) is 13.3 Å². The Bertz CT molecular complexity index is 449. The first kappa shape index (κ1) is 14.0. The SMILES string of the molecule is CCCN(C)C(=O)c1ccc(C=CC(=O)O)cc1. The second kappa shape index (κ2) is 6.59. The molecule has 1 N–H and O–H groups in total. The summed E-state index contributed by atoms with van der Waals surface area (Å²) in [6.07, 6.45) is 3.48. The van der Waals surface area contributed by atoms with Crippen LogP contribution in [0.3, 0.4) is 0 Å². The molecule has 4 nitrogen and oxygen atoms in total. The van der Waals surface area contributed by atoms with Gasteiger partial charge in [0.05, 0.1) is 0 Å². The van der Waals surface area contributed by atoms with Crippen LogP contribution in [0.2, 0.25) is 0 Å². The molecule has 0 radical (unpaired) electrons. The summed E-state index contributed by atoms with van der Waals surface area (Å²) >= 11 is 0. The zero-order chi connectivity index (χ0) is 13.5. The van der Waals surface area contributed by atoms with Crippen LogP contribution in [0.25, 0.3) is 6.08 Å². The molecule has 0 unspecified atom stereocenters. The van der Waals surface area contributed by atoms with Gasteiger partial charge in [0, 0.05) is 25.2 Å². The third-order valence-corrected chi connectivity index (χ3v) is 2.48. The van der Waals surface area contributed by atoms with Gasteiger partial charge in [0.15, 0.2) is 0 Å². The lowest BCUT2D eigenvalue weighted by Crippen LogP contribution is -2.27. The number of rotatable bonds is 5. The second-order valence-corrected chi connectivity index (χ2v) is 4.02. The summed E-state index contributed by atoms with van der Waals surface area (Å²) < 4.78 is 0. The zero-order valence-electron chi connectivity index (χ0n) is 10.6. The summed E-state index contributed by atoms with van der Waals surface area (Å²) in [5.74, 6) is -1.01. The predicted octanol–water partition coefficient (Wildman–Crippen LogP) is 2.27. The van der Waals surface area contributed by atoms with Crippen molar-refractivity contribution in [3.05, 3.63) is 41.5 Å². The van der Waals surface area contributed by atoms with E-state index in [2.05, 4.69) is 0 Å². The summed E-state index contributed by atoms with van der Waals surface area (Å²) in [5.41, 5.74) is 1.37. The molecular weight excluding hydrogens is 230 g/mol. The fraction of sp³-hybridized carbons (Fsp3) is 0.286. The first-order chi connectivity index (χ1) is 8.54. The molecule has 0 aliphatic carbocycles. The number of carbonyl (C=O) groups excluding carboxylic acids is 1. The molecule has 0 bridgehead atoms. The maximum absolute atomic E-state index is 11.9. The molecule has 0 saturated heterocycles. The van der Waals surface area contributed by atoms with Crippen LogP contribution in [0, 0.1) is 0 Å². The van der Waals surface area contributed by atoms with Crippen LogP contribution in [0.1, 0.15) is 29.3 Å².